The Morgan fingerprint density at radius 3 is 3.00 bits per heavy atom. The molecule has 2 heterocycles. The minimum absolute atomic E-state index is 0.480. The first-order chi connectivity index (χ1) is 7.81. The third kappa shape index (κ3) is 2.13. The monoisotopic (exact) mass is 218 g/mol. The highest BCUT2D eigenvalue weighted by Crippen LogP contribution is 2.20. The molecule has 84 valence electrons. The van der Waals surface area contributed by atoms with Gasteiger partial charge in [-0.3, -0.25) is 4.57 Å². The van der Waals surface area contributed by atoms with Gasteiger partial charge in [-0.1, -0.05) is 6.92 Å². The number of ether oxygens (including phenoxy) is 1. The van der Waals surface area contributed by atoms with Gasteiger partial charge in [0.25, 0.3) is 0 Å². The molecule has 0 unspecified atom stereocenters. The zero-order valence-corrected chi connectivity index (χ0v) is 9.13. The largest absolute Gasteiger partial charge is 0.476 e. The molecular weight excluding hydrogens is 204 g/mol. The van der Waals surface area contributed by atoms with Gasteiger partial charge in [-0.15, -0.1) is 0 Å². The fraction of sp³-hybridized carbons (Fsp3) is 0.273. The molecule has 0 aliphatic carbocycles. The van der Waals surface area contributed by atoms with Crippen LogP contribution in [0.15, 0.2) is 30.9 Å². The van der Waals surface area contributed by atoms with E-state index in [1.54, 1.807) is 23.2 Å². The first-order valence-electron chi connectivity index (χ1n) is 5.19. The second-order valence-electron chi connectivity index (χ2n) is 3.38. The molecule has 0 radical (unpaired) electrons. The lowest BCUT2D eigenvalue weighted by molar-refractivity contribution is 0.307. The van der Waals surface area contributed by atoms with Gasteiger partial charge < -0.3 is 10.5 Å². The molecule has 0 aliphatic rings. The van der Waals surface area contributed by atoms with Gasteiger partial charge in [0.1, 0.15) is 12.1 Å². The highest BCUT2D eigenvalue weighted by Gasteiger charge is 2.05. The molecule has 16 heavy (non-hydrogen) atoms. The lowest BCUT2D eigenvalue weighted by Gasteiger charge is -2.08. The van der Waals surface area contributed by atoms with Crippen molar-refractivity contribution in [2.24, 2.45) is 0 Å². The first kappa shape index (κ1) is 10.5. The van der Waals surface area contributed by atoms with E-state index < -0.39 is 0 Å². The van der Waals surface area contributed by atoms with Gasteiger partial charge in [0.15, 0.2) is 0 Å². The number of nitrogens with two attached hydrogens (primary N) is 1. The van der Waals surface area contributed by atoms with Gasteiger partial charge in [-0.05, 0) is 18.6 Å². The van der Waals surface area contributed by atoms with Crippen molar-refractivity contribution in [3.8, 4) is 11.7 Å². The lowest BCUT2D eigenvalue weighted by atomic mass is 10.4. The Labute approximate surface area is 93.9 Å². The third-order valence-electron chi connectivity index (χ3n) is 2.09. The minimum Gasteiger partial charge on any atom is -0.476 e. The molecule has 0 saturated heterocycles. The van der Waals surface area contributed by atoms with Crippen LogP contribution in [0.3, 0.4) is 0 Å². The molecule has 2 rings (SSSR count). The second kappa shape index (κ2) is 4.65. The summed E-state index contributed by atoms with van der Waals surface area (Å²) in [5, 5.41) is 0. The topological polar surface area (TPSA) is 66.0 Å². The van der Waals surface area contributed by atoms with E-state index in [4.69, 9.17) is 10.5 Å². The molecule has 2 aromatic heterocycles. The number of aromatic nitrogens is 3. The second-order valence-corrected chi connectivity index (χ2v) is 3.38. The van der Waals surface area contributed by atoms with Crippen LogP contribution in [-0.4, -0.2) is 21.1 Å². The van der Waals surface area contributed by atoms with E-state index in [0.29, 0.717) is 18.2 Å². The normalized spacial score (nSPS) is 10.3. The molecule has 0 atom stereocenters. The van der Waals surface area contributed by atoms with E-state index in [-0.39, 0.29) is 0 Å². The van der Waals surface area contributed by atoms with E-state index >= 15 is 0 Å². The van der Waals surface area contributed by atoms with Crippen LogP contribution in [0.25, 0.3) is 5.82 Å². The summed E-state index contributed by atoms with van der Waals surface area (Å²) in [6.07, 6.45) is 6.13. The number of nitrogen functional groups attached to an aromatic ring is 1. The van der Waals surface area contributed by atoms with Gasteiger partial charge in [-0.25, -0.2) is 4.98 Å². The van der Waals surface area contributed by atoms with Crippen LogP contribution in [0, 0.1) is 0 Å². The number of pyridine rings is 1. The Morgan fingerprint density at radius 2 is 2.31 bits per heavy atom. The quantitative estimate of drug-likeness (QED) is 0.847. The van der Waals surface area contributed by atoms with Crippen LogP contribution in [-0.2, 0) is 0 Å². The molecule has 0 saturated carbocycles. The standard InChI is InChI=1S/C11H14N4O/c1-2-7-16-11-9(12)3-4-10(14-11)15-6-5-13-8-15/h3-6,8H,2,7,12H2,1H3. The predicted molar refractivity (Wildman–Crippen MR) is 61.6 cm³/mol. The third-order valence-corrected chi connectivity index (χ3v) is 2.09. The summed E-state index contributed by atoms with van der Waals surface area (Å²) in [5.74, 6) is 1.23. The molecule has 0 fully saturated rings. The molecule has 0 spiro atoms. The van der Waals surface area contributed by atoms with E-state index in [1.807, 2.05) is 19.2 Å². The van der Waals surface area contributed by atoms with E-state index in [0.717, 1.165) is 12.2 Å². The van der Waals surface area contributed by atoms with Crippen molar-refractivity contribution in [3.63, 3.8) is 0 Å². The van der Waals surface area contributed by atoms with Gasteiger partial charge in [0.05, 0.1) is 12.3 Å². The maximum atomic E-state index is 5.77. The summed E-state index contributed by atoms with van der Waals surface area (Å²) in [7, 11) is 0. The van der Waals surface area contributed by atoms with Crippen LogP contribution >= 0.6 is 0 Å². The van der Waals surface area contributed by atoms with Gasteiger partial charge in [0.2, 0.25) is 5.88 Å². The number of nitrogens with zero attached hydrogens (tertiary/aromatic N) is 3. The summed E-state index contributed by atoms with van der Waals surface area (Å²) >= 11 is 0. The molecular formula is C11H14N4O. The van der Waals surface area contributed by atoms with Gasteiger partial charge >= 0.3 is 0 Å². The lowest BCUT2D eigenvalue weighted by Crippen LogP contribution is -2.04. The average molecular weight is 218 g/mol. The van der Waals surface area contributed by atoms with Crippen molar-refractivity contribution in [2.75, 3.05) is 12.3 Å². The van der Waals surface area contributed by atoms with Gasteiger partial charge in [0, 0.05) is 12.4 Å². The van der Waals surface area contributed by atoms with Crippen LogP contribution in [0.2, 0.25) is 0 Å². The van der Waals surface area contributed by atoms with Crippen LogP contribution in [0.4, 0.5) is 5.69 Å². The van der Waals surface area contributed by atoms with Crippen molar-refractivity contribution in [3.05, 3.63) is 30.9 Å². The zero-order valence-electron chi connectivity index (χ0n) is 9.13. The molecule has 2 aromatic rings. The number of imidazole rings is 1. The summed E-state index contributed by atoms with van der Waals surface area (Å²) in [6, 6.07) is 3.61. The van der Waals surface area contributed by atoms with E-state index in [2.05, 4.69) is 9.97 Å². The number of rotatable bonds is 4. The summed E-state index contributed by atoms with van der Waals surface area (Å²) in [5.41, 5.74) is 6.32. The Balaban J connectivity index is 2.28. The van der Waals surface area contributed by atoms with Crippen LogP contribution in [0.1, 0.15) is 13.3 Å². The van der Waals surface area contributed by atoms with Crippen molar-refractivity contribution >= 4 is 5.69 Å². The number of hydrogen-bond acceptors (Lipinski definition) is 4. The maximum Gasteiger partial charge on any atom is 0.239 e. The van der Waals surface area contributed by atoms with Crippen LogP contribution in [0.5, 0.6) is 5.88 Å². The maximum absolute atomic E-state index is 5.77. The molecule has 0 aromatic carbocycles. The summed E-state index contributed by atoms with van der Waals surface area (Å²) < 4.78 is 7.26. The Bertz CT molecular complexity index is 453. The number of hydrogen-bond donors (Lipinski definition) is 1. The highest BCUT2D eigenvalue weighted by atomic mass is 16.5. The van der Waals surface area contributed by atoms with Crippen molar-refractivity contribution in [1.82, 2.24) is 14.5 Å². The summed E-state index contributed by atoms with van der Waals surface area (Å²) in [4.78, 5) is 8.29. The Morgan fingerprint density at radius 1 is 1.44 bits per heavy atom. The first-order valence-corrected chi connectivity index (χ1v) is 5.19. The zero-order chi connectivity index (χ0) is 11.4. The fourth-order valence-electron chi connectivity index (χ4n) is 1.29. The Kier molecular flexibility index (Phi) is 3.05. The molecule has 0 amide bonds. The van der Waals surface area contributed by atoms with Crippen molar-refractivity contribution in [1.29, 1.82) is 0 Å². The fourth-order valence-corrected chi connectivity index (χ4v) is 1.29. The molecule has 2 N–H and O–H groups in total. The highest BCUT2D eigenvalue weighted by molar-refractivity contribution is 5.50. The van der Waals surface area contributed by atoms with Crippen molar-refractivity contribution < 1.29 is 4.74 Å². The Hall–Kier alpha value is -2.04. The SMILES string of the molecule is CCCOc1nc(-n2ccnc2)ccc1N. The molecule has 0 aliphatic heterocycles. The molecule has 5 heteroatoms. The average Bonchev–Trinajstić information content (AvgIpc) is 2.81. The van der Waals surface area contributed by atoms with Crippen molar-refractivity contribution in [2.45, 2.75) is 13.3 Å². The van der Waals surface area contributed by atoms with Crippen LogP contribution < -0.4 is 10.5 Å². The number of anilines is 1. The van der Waals surface area contributed by atoms with E-state index in [9.17, 15) is 0 Å². The smallest absolute Gasteiger partial charge is 0.239 e. The molecule has 5 nitrogen and oxygen atoms in total. The molecule has 0 bridgehead atoms. The summed E-state index contributed by atoms with van der Waals surface area (Å²) in [6.45, 7) is 2.65. The minimum atomic E-state index is 0.480. The van der Waals surface area contributed by atoms with E-state index in [1.165, 1.54) is 0 Å². The predicted octanol–water partition coefficient (Wildman–Crippen LogP) is 1.64. The van der Waals surface area contributed by atoms with Gasteiger partial charge in [-0.2, -0.15) is 4.98 Å².